The summed E-state index contributed by atoms with van der Waals surface area (Å²) in [6, 6.07) is 0.626. The lowest BCUT2D eigenvalue weighted by Gasteiger charge is -2.23. The van der Waals surface area contributed by atoms with Crippen LogP contribution in [0.2, 0.25) is 0 Å². The Kier molecular flexibility index (Phi) is 1.40. The number of hydrogen-bond donors (Lipinski definition) is 0. The van der Waals surface area contributed by atoms with Crippen molar-refractivity contribution in [3.8, 4) is 12.3 Å². The molecule has 0 saturated carbocycles. The van der Waals surface area contributed by atoms with E-state index in [-0.39, 0.29) is 0 Å². The van der Waals surface area contributed by atoms with Gasteiger partial charge in [-0.3, -0.25) is 4.90 Å². The first-order valence-electron chi connectivity index (χ1n) is 3.69. The summed E-state index contributed by atoms with van der Waals surface area (Å²) in [6.45, 7) is 2.74. The lowest BCUT2D eigenvalue weighted by Crippen LogP contribution is -2.36. The summed E-state index contributed by atoms with van der Waals surface area (Å²) in [5.74, 6) is 2.66. The van der Waals surface area contributed by atoms with Crippen molar-refractivity contribution in [3.05, 3.63) is 0 Å². The lowest BCUT2D eigenvalue weighted by molar-refractivity contribution is 0.0364. The molecule has 10 heavy (non-hydrogen) atoms. The molecule has 0 spiro atoms. The van der Waals surface area contributed by atoms with Gasteiger partial charge in [0.25, 0.3) is 0 Å². The average Bonchev–Trinajstić information content (AvgIpc) is 2.48. The minimum Gasteiger partial charge on any atom is -0.375 e. The van der Waals surface area contributed by atoms with Gasteiger partial charge in [-0.15, -0.1) is 6.42 Å². The third-order valence-corrected chi connectivity index (χ3v) is 2.31. The summed E-state index contributed by atoms with van der Waals surface area (Å²) in [4.78, 5) is 2.33. The Bertz CT molecular complexity index is 173. The van der Waals surface area contributed by atoms with Crippen LogP contribution in [0.5, 0.6) is 0 Å². The molecule has 0 radical (unpaired) electrons. The quantitative estimate of drug-likeness (QED) is 0.475. The van der Waals surface area contributed by atoms with E-state index in [1.165, 1.54) is 6.42 Å². The number of terminal acetylenes is 1. The van der Waals surface area contributed by atoms with E-state index in [9.17, 15) is 0 Å². The molecule has 2 aliphatic heterocycles. The Morgan fingerprint density at radius 2 is 2.60 bits per heavy atom. The third-order valence-electron chi connectivity index (χ3n) is 2.31. The smallest absolute Gasteiger partial charge is 0.0719 e. The second-order valence-corrected chi connectivity index (χ2v) is 2.98. The van der Waals surface area contributed by atoms with E-state index in [4.69, 9.17) is 11.2 Å². The van der Waals surface area contributed by atoms with Gasteiger partial charge in [-0.25, -0.2) is 0 Å². The summed E-state index contributed by atoms with van der Waals surface area (Å²) < 4.78 is 5.42. The summed E-state index contributed by atoms with van der Waals surface area (Å²) in [7, 11) is 0. The number of rotatable bonds is 1. The molecule has 0 aromatic heterocycles. The lowest BCUT2D eigenvalue weighted by atomic mass is 10.2. The fourth-order valence-electron chi connectivity index (χ4n) is 1.79. The van der Waals surface area contributed by atoms with E-state index >= 15 is 0 Å². The first-order valence-corrected chi connectivity index (χ1v) is 3.69. The van der Waals surface area contributed by atoms with Crippen LogP contribution in [0.25, 0.3) is 0 Å². The van der Waals surface area contributed by atoms with Crippen molar-refractivity contribution >= 4 is 0 Å². The van der Waals surface area contributed by atoms with Gasteiger partial charge in [-0.2, -0.15) is 0 Å². The topological polar surface area (TPSA) is 12.5 Å². The van der Waals surface area contributed by atoms with Crippen LogP contribution in [-0.2, 0) is 4.74 Å². The third kappa shape index (κ3) is 0.828. The molecule has 0 unspecified atom stereocenters. The van der Waals surface area contributed by atoms with Gasteiger partial charge in [0.15, 0.2) is 0 Å². The Balaban J connectivity index is 1.97. The van der Waals surface area contributed by atoms with Gasteiger partial charge in [0.05, 0.1) is 19.3 Å². The number of nitrogens with zero attached hydrogens (tertiary/aromatic N) is 1. The summed E-state index contributed by atoms with van der Waals surface area (Å²) in [5, 5.41) is 0. The molecule has 54 valence electrons. The number of hydrogen-bond acceptors (Lipinski definition) is 2. The molecule has 2 heteroatoms. The molecule has 2 nitrogen and oxygen atoms in total. The van der Waals surface area contributed by atoms with Crippen molar-refractivity contribution in [3.63, 3.8) is 0 Å². The SMILES string of the molecule is C#CCN1C[C@@H]2C[C@H]1CO2. The molecule has 2 saturated heterocycles. The van der Waals surface area contributed by atoms with E-state index < -0.39 is 0 Å². The van der Waals surface area contributed by atoms with E-state index in [2.05, 4.69) is 10.8 Å². The molecule has 2 fully saturated rings. The maximum atomic E-state index is 5.42. The van der Waals surface area contributed by atoms with Gasteiger partial charge in [0, 0.05) is 12.6 Å². The fourth-order valence-corrected chi connectivity index (χ4v) is 1.79. The Morgan fingerprint density at radius 1 is 1.70 bits per heavy atom. The molecule has 0 amide bonds. The molecule has 0 aliphatic carbocycles. The van der Waals surface area contributed by atoms with Crippen molar-refractivity contribution in [2.75, 3.05) is 19.7 Å². The summed E-state index contributed by atoms with van der Waals surface area (Å²) in [5.41, 5.74) is 0. The Morgan fingerprint density at radius 3 is 3.10 bits per heavy atom. The Hall–Kier alpha value is -0.520. The van der Waals surface area contributed by atoms with E-state index in [1.54, 1.807) is 0 Å². The van der Waals surface area contributed by atoms with Crippen LogP contribution in [0.4, 0.5) is 0 Å². The van der Waals surface area contributed by atoms with E-state index in [1.807, 2.05) is 0 Å². The van der Waals surface area contributed by atoms with E-state index in [0.717, 1.165) is 19.7 Å². The normalized spacial score (nSPS) is 38.3. The summed E-state index contributed by atoms with van der Waals surface area (Å²) >= 11 is 0. The van der Waals surface area contributed by atoms with Crippen LogP contribution in [0.15, 0.2) is 0 Å². The zero-order valence-electron chi connectivity index (χ0n) is 5.92. The maximum Gasteiger partial charge on any atom is 0.0719 e. The molecular weight excluding hydrogens is 126 g/mol. The monoisotopic (exact) mass is 137 g/mol. The zero-order valence-corrected chi connectivity index (χ0v) is 5.92. The van der Waals surface area contributed by atoms with Crippen molar-refractivity contribution in [1.82, 2.24) is 4.90 Å². The van der Waals surface area contributed by atoms with Gasteiger partial charge in [0.2, 0.25) is 0 Å². The van der Waals surface area contributed by atoms with Gasteiger partial charge in [-0.1, -0.05) is 5.92 Å². The summed E-state index contributed by atoms with van der Waals surface area (Å²) in [6.07, 6.45) is 6.89. The molecule has 0 aromatic rings. The highest BCUT2D eigenvalue weighted by Gasteiger charge is 2.38. The molecule has 0 aromatic carbocycles. The second-order valence-electron chi connectivity index (χ2n) is 2.98. The average molecular weight is 137 g/mol. The number of ether oxygens (including phenoxy) is 1. The van der Waals surface area contributed by atoms with Gasteiger partial charge in [0.1, 0.15) is 0 Å². The predicted molar refractivity (Wildman–Crippen MR) is 38.6 cm³/mol. The number of likely N-dealkylation sites (tertiary alicyclic amines) is 1. The minimum atomic E-state index is 0.485. The standard InChI is InChI=1S/C8H11NO/c1-2-3-9-5-8-4-7(9)6-10-8/h1,7-8H,3-6H2/t7-,8-/m0/s1. The minimum absolute atomic E-state index is 0.485. The first-order chi connectivity index (χ1) is 4.90. The van der Waals surface area contributed by atoms with Crippen molar-refractivity contribution in [1.29, 1.82) is 0 Å². The van der Waals surface area contributed by atoms with Crippen LogP contribution in [-0.4, -0.2) is 36.7 Å². The highest BCUT2D eigenvalue weighted by atomic mass is 16.5. The first kappa shape index (κ1) is 6.21. The molecule has 2 bridgehead atoms. The van der Waals surface area contributed by atoms with Gasteiger partial charge in [-0.05, 0) is 6.42 Å². The van der Waals surface area contributed by atoms with Gasteiger partial charge < -0.3 is 4.74 Å². The zero-order chi connectivity index (χ0) is 6.97. The second kappa shape index (κ2) is 2.26. The molecule has 2 aliphatic rings. The number of fused-ring (bicyclic) bond motifs is 2. The highest BCUT2D eigenvalue weighted by Crippen LogP contribution is 2.26. The number of morpholine rings is 1. The van der Waals surface area contributed by atoms with Crippen LogP contribution < -0.4 is 0 Å². The Labute approximate surface area is 61.2 Å². The highest BCUT2D eigenvalue weighted by molar-refractivity contribution is 4.98. The fraction of sp³-hybridized carbons (Fsp3) is 0.750. The van der Waals surface area contributed by atoms with E-state index in [0.29, 0.717) is 12.1 Å². The van der Waals surface area contributed by atoms with Crippen LogP contribution in [0, 0.1) is 12.3 Å². The van der Waals surface area contributed by atoms with Gasteiger partial charge >= 0.3 is 0 Å². The molecule has 2 heterocycles. The largest absolute Gasteiger partial charge is 0.375 e. The molecule has 0 N–H and O–H groups in total. The van der Waals surface area contributed by atoms with Crippen molar-refractivity contribution < 1.29 is 4.74 Å². The van der Waals surface area contributed by atoms with Crippen molar-refractivity contribution in [2.45, 2.75) is 18.6 Å². The van der Waals surface area contributed by atoms with Crippen LogP contribution in [0.3, 0.4) is 0 Å². The molecular formula is C8H11NO. The van der Waals surface area contributed by atoms with Crippen LogP contribution >= 0.6 is 0 Å². The molecule has 2 rings (SSSR count). The van der Waals surface area contributed by atoms with Crippen LogP contribution in [0.1, 0.15) is 6.42 Å². The maximum absolute atomic E-state index is 5.42. The predicted octanol–water partition coefficient (Wildman–Crippen LogP) is 0.0927. The van der Waals surface area contributed by atoms with Crippen molar-refractivity contribution in [2.24, 2.45) is 0 Å². The molecule has 2 atom stereocenters.